The smallest absolute Gasteiger partial charge is 0.250 e. The van der Waals surface area contributed by atoms with E-state index < -0.39 is 0 Å². The number of aromatic nitrogens is 1. The molecule has 0 radical (unpaired) electrons. The summed E-state index contributed by atoms with van der Waals surface area (Å²) >= 11 is 19.9. The number of hydrogen-bond donors (Lipinski definition) is 2. The molecule has 31 heavy (non-hydrogen) atoms. The molecular weight excluding hydrogens is 475 g/mol. The summed E-state index contributed by atoms with van der Waals surface area (Å²) in [6, 6.07) is 14.7. The summed E-state index contributed by atoms with van der Waals surface area (Å²) in [5.41, 5.74) is 2.17. The first kappa shape index (κ1) is 22.0. The minimum absolute atomic E-state index is 0.0504. The van der Waals surface area contributed by atoms with Crippen molar-refractivity contribution in [3.8, 4) is 0 Å². The third-order valence-corrected chi connectivity index (χ3v) is 6.69. The van der Waals surface area contributed by atoms with Crippen LogP contribution in [0.3, 0.4) is 0 Å². The standard InChI is InChI=1S/C21H18Cl2N4O2S2/c1-29-11-18(28)25-14-6-5-12(10-13(14)22)27-20(16-7-8-17(23)31-16)19(26-21(27)30)15-4-2-3-9-24-15/h2-10,19-20H,11H2,1H3,(H,25,28)(H,26,30)/t19-,20+/m1/s1. The molecule has 0 aliphatic carbocycles. The first-order valence-corrected chi connectivity index (χ1v) is 11.3. The van der Waals surface area contributed by atoms with Gasteiger partial charge in [-0.15, -0.1) is 11.3 Å². The van der Waals surface area contributed by atoms with E-state index in [1.807, 2.05) is 41.3 Å². The maximum absolute atomic E-state index is 11.8. The van der Waals surface area contributed by atoms with Crippen molar-refractivity contribution in [2.75, 3.05) is 23.9 Å². The number of hydrogen-bond acceptors (Lipinski definition) is 5. The van der Waals surface area contributed by atoms with Crippen molar-refractivity contribution in [2.45, 2.75) is 12.1 Å². The van der Waals surface area contributed by atoms with Gasteiger partial charge in [-0.3, -0.25) is 9.78 Å². The van der Waals surface area contributed by atoms with Crippen LogP contribution in [0.1, 0.15) is 22.7 Å². The van der Waals surface area contributed by atoms with Gasteiger partial charge in [-0.25, -0.2) is 0 Å². The molecule has 0 bridgehead atoms. The van der Waals surface area contributed by atoms with E-state index in [0.717, 1.165) is 16.3 Å². The molecule has 6 nitrogen and oxygen atoms in total. The van der Waals surface area contributed by atoms with Crippen LogP contribution in [0.25, 0.3) is 0 Å². The molecule has 4 rings (SSSR count). The fourth-order valence-corrected chi connectivity index (χ4v) is 5.24. The van der Waals surface area contributed by atoms with E-state index in [2.05, 4.69) is 15.6 Å². The van der Waals surface area contributed by atoms with E-state index in [4.69, 9.17) is 40.2 Å². The largest absolute Gasteiger partial charge is 0.375 e. The van der Waals surface area contributed by atoms with Gasteiger partial charge in [0.25, 0.3) is 0 Å². The molecule has 1 aromatic carbocycles. The lowest BCUT2D eigenvalue weighted by Crippen LogP contribution is -2.29. The Morgan fingerprint density at radius 1 is 1.29 bits per heavy atom. The summed E-state index contributed by atoms with van der Waals surface area (Å²) in [4.78, 5) is 19.4. The third-order valence-electron chi connectivity index (χ3n) is 4.76. The van der Waals surface area contributed by atoms with Crippen molar-refractivity contribution in [1.29, 1.82) is 0 Å². The Morgan fingerprint density at radius 2 is 2.13 bits per heavy atom. The van der Waals surface area contributed by atoms with E-state index in [1.54, 1.807) is 18.3 Å². The van der Waals surface area contributed by atoms with E-state index in [9.17, 15) is 4.79 Å². The van der Waals surface area contributed by atoms with Crippen molar-refractivity contribution in [2.24, 2.45) is 0 Å². The summed E-state index contributed by atoms with van der Waals surface area (Å²) < 4.78 is 5.55. The lowest BCUT2D eigenvalue weighted by Gasteiger charge is -2.27. The SMILES string of the molecule is COCC(=O)Nc1ccc(N2C(=S)N[C@H](c3ccccn3)[C@@H]2c2ccc(Cl)s2)cc1Cl. The van der Waals surface area contributed by atoms with Crippen LogP contribution in [0, 0.1) is 0 Å². The predicted molar refractivity (Wildman–Crippen MR) is 129 cm³/mol. The van der Waals surface area contributed by atoms with Gasteiger partial charge in [0, 0.05) is 23.9 Å². The quantitative estimate of drug-likeness (QED) is 0.460. The Bertz CT molecular complexity index is 1110. The molecular formula is C21H18Cl2N4O2S2. The highest BCUT2D eigenvalue weighted by atomic mass is 35.5. The summed E-state index contributed by atoms with van der Waals surface area (Å²) in [6.45, 7) is -0.0504. The van der Waals surface area contributed by atoms with Crippen molar-refractivity contribution < 1.29 is 9.53 Å². The number of ether oxygens (including phenoxy) is 1. The number of carbonyl (C=O) groups is 1. The Hall–Kier alpha value is -2.23. The molecule has 1 aliphatic rings. The Kier molecular flexibility index (Phi) is 6.74. The highest BCUT2D eigenvalue weighted by Gasteiger charge is 2.41. The van der Waals surface area contributed by atoms with Gasteiger partial charge in [0.05, 0.1) is 32.8 Å². The molecule has 0 unspecified atom stereocenters. The molecule has 3 heterocycles. The van der Waals surface area contributed by atoms with E-state index in [-0.39, 0.29) is 24.6 Å². The first-order chi connectivity index (χ1) is 15.0. The number of carbonyl (C=O) groups excluding carboxylic acids is 1. The molecule has 1 amide bonds. The Balaban J connectivity index is 1.71. The molecule has 0 spiro atoms. The molecule has 10 heteroatoms. The van der Waals surface area contributed by atoms with Gasteiger partial charge < -0.3 is 20.3 Å². The van der Waals surface area contributed by atoms with Crippen LogP contribution in [-0.2, 0) is 9.53 Å². The molecule has 1 saturated heterocycles. The summed E-state index contributed by atoms with van der Waals surface area (Å²) in [5.74, 6) is -0.281. The number of thiocarbonyl (C=S) groups is 1. The lowest BCUT2D eigenvalue weighted by atomic mass is 10.0. The average Bonchev–Trinajstić information content (AvgIpc) is 3.33. The van der Waals surface area contributed by atoms with Crippen LogP contribution in [0.2, 0.25) is 9.36 Å². The van der Waals surface area contributed by atoms with E-state index >= 15 is 0 Å². The van der Waals surface area contributed by atoms with Crippen molar-refractivity contribution in [3.63, 3.8) is 0 Å². The number of methoxy groups -OCH3 is 1. The normalized spacial score (nSPS) is 18.2. The van der Waals surface area contributed by atoms with Gasteiger partial charge in [0.1, 0.15) is 6.61 Å². The molecule has 0 saturated carbocycles. The average molecular weight is 493 g/mol. The monoisotopic (exact) mass is 492 g/mol. The third kappa shape index (κ3) is 4.68. The van der Waals surface area contributed by atoms with E-state index in [0.29, 0.717) is 20.2 Å². The summed E-state index contributed by atoms with van der Waals surface area (Å²) in [6.07, 6.45) is 1.76. The fourth-order valence-electron chi connectivity index (χ4n) is 3.48. The van der Waals surface area contributed by atoms with Crippen LogP contribution in [0.15, 0.2) is 54.7 Å². The van der Waals surface area contributed by atoms with Crippen molar-refractivity contribution >= 4 is 69.2 Å². The maximum Gasteiger partial charge on any atom is 0.250 e. The highest BCUT2D eigenvalue weighted by Crippen LogP contribution is 2.45. The molecule has 1 aliphatic heterocycles. The number of thiophene rings is 1. The summed E-state index contributed by atoms with van der Waals surface area (Å²) in [5, 5.41) is 7.07. The summed E-state index contributed by atoms with van der Waals surface area (Å²) in [7, 11) is 1.46. The predicted octanol–water partition coefficient (Wildman–Crippen LogP) is 5.21. The minimum Gasteiger partial charge on any atom is -0.375 e. The Morgan fingerprint density at radius 3 is 2.77 bits per heavy atom. The number of anilines is 2. The lowest BCUT2D eigenvalue weighted by molar-refractivity contribution is -0.119. The number of halogens is 2. The second-order valence-corrected chi connectivity index (χ2v) is 9.32. The molecule has 160 valence electrons. The zero-order chi connectivity index (χ0) is 22.0. The van der Waals surface area contributed by atoms with Gasteiger partial charge in [0.2, 0.25) is 5.91 Å². The van der Waals surface area contributed by atoms with Crippen LogP contribution in [-0.4, -0.2) is 29.7 Å². The fraction of sp³-hybridized carbons (Fsp3) is 0.190. The van der Waals surface area contributed by atoms with Gasteiger partial charge >= 0.3 is 0 Å². The number of rotatable bonds is 6. The number of nitrogens with one attached hydrogen (secondary N) is 2. The number of amides is 1. The zero-order valence-corrected chi connectivity index (χ0v) is 19.5. The number of benzene rings is 1. The van der Waals surface area contributed by atoms with Gasteiger partial charge in [-0.2, -0.15) is 0 Å². The number of nitrogens with zero attached hydrogens (tertiary/aromatic N) is 2. The molecule has 2 atom stereocenters. The highest BCUT2D eigenvalue weighted by molar-refractivity contribution is 7.80. The van der Waals surface area contributed by atoms with E-state index in [1.165, 1.54) is 18.4 Å². The van der Waals surface area contributed by atoms with Gasteiger partial charge in [0.15, 0.2) is 5.11 Å². The first-order valence-electron chi connectivity index (χ1n) is 9.32. The number of pyridine rings is 1. The molecule has 2 aromatic heterocycles. The topological polar surface area (TPSA) is 66.5 Å². The molecule has 3 aromatic rings. The van der Waals surface area contributed by atoms with Crippen LogP contribution in [0.4, 0.5) is 11.4 Å². The second-order valence-electron chi connectivity index (χ2n) is 6.78. The van der Waals surface area contributed by atoms with Gasteiger partial charge in [-0.1, -0.05) is 29.3 Å². The molecule has 1 fully saturated rings. The van der Waals surface area contributed by atoms with Gasteiger partial charge in [-0.05, 0) is 54.7 Å². The zero-order valence-electron chi connectivity index (χ0n) is 16.3. The van der Waals surface area contributed by atoms with Crippen LogP contribution < -0.4 is 15.5 Å². The maximum atomic E-state index is 11.8. The van der Waals surface area contributed by atoms with Crippen LogP contribution in [0.5, 0.6) is 0 Å². The minimum atomic E-state index is -0.281. The van der Waals surface area contributed by atoms with Crippen molar-refractivity contribution in [1.82, 2.24) is 10.3 Å². The second kappa shape index (κ2) is 9.50. The van der Waals surface area contributed by atoms with Crippen LogP contribution >= 0.6 is 46.8 Å². The molecule has 2 N–H and O–H groups in total. The van der Waals surface area contributed by atoms with Crippen molar-refractivity contribution in [3.05, 3.63) is 74.7 Å². The Labute approximate surface area is 199 Å².